The van der Waals surface area contributed by atoms with Gasteiger partial charge < -0.3 is 28.4 Å². The van der Waals surface area contributed by atoms with Gasteiger partial charge in [0, 0.05) is 5.41 Å². The number of hydrogen-bond donors (Lipinski definition) is 0. The van der Waals surface area contributed by atoms with Crippen LogP contribution >= 0.6 is 0 Å². The molecule has 8 nitrogen and oxygen atoms in total. The van der Waals surface area contributed by atoms with E-state index in [0.717, 1.165) is 6.42 Å². The van der Waals surface area contributed by atoms with Gasteiger partial charge in [0.2, 0.25) is 0 Å². The van der Waals surface area contributed by atoms with Gasteiger partial charge in [-0.1, -0.05) is 32.4 Å². The van der Waals surface area contributed by atoms with Gasteiger partial charge in [-0.2, -0.15) is 0 Å². The lowest BCUT2D eigenvalue weighted by molar-refractivity contribution is -0.00273. The highest BCUT2D eigenvalue weighted by atomic mass is 16.6. The van der Waals surface area contributed by atoms with Crippen LogP contribution in [0.1, 0.15) is 47.4 Å². The first kappa shape index (κ1) is 25.8. The lowest BCUT2D eigenvalue weighted by Gasteiger charge is -2.28. The molecule has 8 heteroatoms. The smallest absolute Gasteiger partial charge is 0.342 e. The van der Waals surface area contributed by atoms with Gasteiger partial charge >= 0.3 is 11.9 Å². The minimum Gasteiger partial charge on any atom is -0.493 e. The van der Waals surface area contributed by atoms with E-state index in [-0.39, 0.29) is 24.3 Å². The summed E-state index contributed by atoms with van der Waals surface area (Å²) in [5, 5.41) is 0. The average molecular weight is 461 g/mol. The molecule has 0 bridgehead atoms. The minimum atomic E-state index is -0.585. The molecule has 2 aromatic carbocycles. The van der Waals surface area contributed by atoms with Gasteiger partial charge in [0.25, 0.3) is 0 Å². The SMILES string of the molecule is CCCC(C)(COC(=O)c1cccc(OC)c1OC)COC(=O)c1cccc(OC)c1OC. The lowest BCUT2D eigenvalue weighted by atomic mass is 9.87. The van der Waals surface area contributed by atoms with Crippen LogP contribution in [-0.4, -0.2) is 53.6 Å². The van der Waals surface area contributed by atoms with E-state index in [1.807, 2.05) is 13.8 Å². The Morgan fingerprint density at radius 2 is 1.15 bits per heavy atom. The molecule has 0 N–H and O–H groups in total. The fourth-order valence-electron chi connectivity index (χ4n) is 3.52. The maximum Gasteiger partial charge on any atom is 0.342 e. The molecule has 0 aliphatic carbocycles. The van der Waals surface area contributed by atoms with Gasteiger partial charge in [-0.3, -0.25) is 0 Å². The fourth-order valence-corrected chi connectivity index (χ4v) is 3.52. The summed E-state index contributed by atoms with van der Waals surface area (Å²) in [5.74, 6) is 0.383. The van der Waals surface area contributed by atoms with E-state index in [1.54, 1.807) is 36.4 Å². The van der Waals surface area contributed by atoms with Crippen LogP contribution in [0.15, 0.2) is 36.4 Å². The van der Waals surface area contributed by atoms with Crippen molar-refractivity contribution in [3.8, 4) is 23.0 Å². The number of para-hydroxylation sites is 2. The topological polar surface area (TPSA) is 89.5 Å². The molecule has 2 aromatic rings. The summed E-state index contributed by atoms with van der Waals surface area (Å²) in [4.78, 5) is 25.5. The van der Waals surface area contributed by atoms with Crippen molar-refractivity contribution < 1.29 is 38.0 Å². The molecule has 0 fully saturated rings. The second-order valence-corrected chi connectivity index (χ2v) is 7.80. The Morgan fingerprint density at radius 1 is 0.727 bits per heavy atom. The molecule has 0 radical (unpaired) electrons. The van der Waals surface area contributed by atoms with Crippen molar-refractivity contribution in [2.75, 3.05) is 41.7 Å². The highest BCUT2D eigenvalue weighted by Crippen LogP contribution is 2.33. The van der Waals surface area contributed by atoms with E-state index in [4.69, 9.17) is 28.4 Å². The lowest BCUT2D eigenvalue weighted by Crippen LogP contribution is -2.31. The third-order valence-electron chi connectivity index (χ3n) is 5.20. The molecular formula is C25H32O8. The number of methoxy groups -OCH3 is 4. The van der Waals surface area contributed by atoms with Crippen LogP contribution in [0, 0.1) is 5.41 Å². The zero-order valence-electron chi connectivity index (χ0n) is 20.1. The van der Waals surface area contributed by atoms with Gasteiger partial charge in [-0.05, 0) is 30.7 Å². The first-order valence-electron chi connectivity index (χ1n) is 10.6. The monoisotopic (exact) mass is 460 g/mol. The fraction of sp³-hybridized carbons (Fsp3) is 0.440. The van der Waals surface area contributed by atoms with E-state index in [0.29, 0.717) is 29.4 Å². The predicted octanol–water partition coefficient (Wildman–Crippen LogP) is 4.54. The van der Waals surface area contributed by atoms with Crippen LogP contribution in [0.4, 0.5) is 0 Å². The first-order chi connectivity index (χ1) is 15.8. The number of esters is 2. The summed E-state index contributed by atoms with van der Waals surface area (Å²) < 4.78 is 32.3. The third kappa shape index (κ3) is 6.31. The third-order valence-corrected chi connectivity index (χ3v) is 5.20. The summed E-state index contributed by atoms with van der Waals surface area (Å²) in [5.41, 5.74) is -0.0687. The molecule has 180 valence electrons. The Labute approximate surface area is 194 Å². The number of hydrogen-bond acceptors (Lipinski definition) is 8. The highest BCUT2D eigenvalue weighted by molar-refractivity contribution is 5.94. The van der Waals surface area contributed by atoms with E-state index >= 15 is 0 Å². The maximum absolute atomic E-state index is 12.8. The van der Waals surface area contributed by atoms with Crippen LogP contribution in [0.3, 0.4) is 0 Å². The Bertz CT molecular complexity index is 882. The zero-order valence-corrected chi connectivity index (χ0v) is 20.1. The van der Waals surface area contributed by atoms with Crippen LogP contribution < -0.4 is 18.9 Å². The van der Waals surface area contributed by atoms with Crippen molar-refractivity contribution in [1.29, 1.82) is 0 Å². The molecule has 0 unspecified atom stereocenters. The van der Waals surface area contributed by atoms with Crippen LogP contribution in [0.5, 0.6) is 23.0 Å². The number of ether oxygens (including phenoxy) is 6. The molecule has 0 spiro atoms. The van der Waals surface area contributed by atoms with Crippen LogP contribution in [-0.2, 0) is 9.47 Å². The molecule has 0 aromatic heterocycles. The maximum atomic E-state index is 12.8. The van der Waals surface area contributed by atoms with Gasteiger partial charge in [0.15, 0.2) is 23.0 Å². The standard InChI is InChI=1S/C25H32O8/c1-7-14-25(2,15-32-23(26)17-10-8-12-19(28-3)21(17)30-5)16-33-24(27)18-11-9-13-20(29-4)22(18)31-6/h8-13H,7,14-16H2,1-6H3. The molecule has 0 aliphatic rings. The van der Waals surface area contributed by atoms with Gasteiger partial charge in [-0.25, -0.2) is 9.59 Å². The van der Waals surface area contributed by atoms with E-state index in [1.165, 1.54) is 28.4 Å². The highest BCUT2D eigenvalue weighted by Gasteiger charge is 2.30. The van der Waals surface area contributed by atoms with E-state index in [9.17, 15) is 9.59 Å². The Hall–Kier alpha value is -3.42. The molecule has 0 heterocycles. The van der Waals surface area contributed by atoms with E-state index in [2.05, 4.69) is 0 Å². The molecule has 33 heavy (non-hydrogen) atoms. The zero-order chi connectivity index (χ0) is 24.4. The van der Waals surface area contributed by atoms with Crippen molar-refractivity contribution >= 4 is 11.9 Å². The molecule has 0 atom stereocenters. The molecule has 0 amide bonds. The number of rotatable bonds is 12. The van der Waals surface area contributed by atoms with Gasteiger partial charge in [0.05, 0.1) is 28.4 Å². The normalized spacial score (nSPS) is 10.8. The van der Waals surface area contributed by atoms with Crippen molar-refractivity contribution in [2.24, 2.45) is 5.41 Å². The second-order valence-electron chi connectivity index (χ2n) is 7.80. The second kappa shape index (κ2) is 12.0. The minimum absolute atomic E-state index is 0.0581. The molecule has 0 aliphatic heterocycles. The van der Waals surface area contributed by atoms with E-state index < -0.39 is 17.4 Å². The molecule has 0 saturated carbocycles. The van der Waals surface area contributed by atoms with Crippen molar-refractivity contribution in [3.05, 3.63) is 47.5 Å². The van der Waals surface area contributed by atoms with Crippen molar-refractivity contribution in [3.63, 3.8) is 0 Å². The summed E-state index contributed by atoms with van der Waals surface area (Å²) in [7, 11) is 5.91. The van der Waals surface area contributed by atoms with Crippen LogP contribution in [0.25, 0.3) is 0 Å². The average Bonchev–Trinajstić information content (AvgIpc) is 2.84. The summed E-state index contributed by atoms with van der Waals surface area (Å²) >= 11 is 0. The van der Waals surface area contributed by atoms with Gasteiger partial charge in [0.1, 0.15) is 24.3 Å². The molecular weight excluding hydrogens is 428 g/mol. The van der Waals surface area contributed by atoms with Gasteiger partial charge in [-0.15, -0.1) is 0 Å². The summed E-state index contributed by atoms with van der Waals surface area (Å²) in [6.07, 6.45) is 1.49. The Kier molecular flexibility index (Phi) is 9.39. The van der Waals surface area contributed by atoms with Crippen molar-refractivity contribution in [1.82, 2.24) is 0 Å². The quantitative estimate of drug-likeness (QED) is 0.427. The largest absolute Gasteiger partial charge is 0.493 e. The number of carbonyl (C=O) groups is 2. The first-order valence-corrected chi connectivity index (χ1v) is 10.6. The molecule has 2 rings (SSSR count). The summed E-state index contributed by atoms with van der Waals surface area (Å²) in [6.45, 7) is 4.03. The Balaban J connectivity index is 2.12. The van der Waals surface area contributed by atoms with Crippen LogP contribution in [0.2, 0.25) is 0 Å². The number of benzene rings is 2. The molecule has 0 saturated heterocycles. The number of carbonyl (C=O) groups excluding carboxylic acids is 2. The summed E-state index contributed by atoms with van der Waals surface area (Å²) in [6, 6.07) is 9.98. The van der Waals surface area contributed by atoms with Crippen molar-refractivity contribution in [2.45, 2.75) is 26.7 Å². The predicted molar refractivity (Wildman–Crippen MR) is 123 cm³/mol. The Morgan fingerprint density at radius 3 is 1.48 bits per heavy atom.